The van der Waals surface area contributed by atoms with Crippen molar-refractivity contribution in [1.82, 2.24) is 15.6 Å². The van der Waals surface area contributed by atoms with Gasteiger partial charge in [0.25, 0.3) is 0 Å². The molecule has 0 atom stereocenters. The summed E-state index contributed by atoms with van der Waals surface area (Å²) in [4.78, 5) is 25.3. The van der Waals surface area contributed by atoms with E-state index in [0.717, 1.165) is 17.6 Å². The van der Waals surface area contributed by atoms with Crippen molar-refractivity contribution in [2.75, 3.05) is 13.1 Å². The molecule has 0 spiro atoms. The van der Waals surface area contributed by atoms with E-state index in [4.69, 9.17) is 5.11 Å². The third-order valence-corrected chi connectivity index (χ3v) is 3.54. The summed E-state index contributed by atoms with van der Waals surface area (Å²) in [5.74, 6) is -0.850. The Bertz CT molecular complexity index is 664. The first-order valence-corrected chi connectivity index (χ1v) is 7.37. The summed E-state index contributed by atoms with van der Waals surface area (Å²) in [6, 6.07) is 7.84. The van der Waals surface area contributed by atoms with Gasteiger partial charge >= 0.3 is 12.0 Å². The second-order valence-corrected chi connectivity index (χ2v) is 5.20. The molecule has 4 N–H and O–H groups in total. The molecule has 0 aliphatic carbocycles. The van der Waals surface area contributed by atoms with E-state index in [1.165, 1.54) is 10.9 Å². The molecule has 0 saturated heterocycles. The van der Waals surface area contributed by atoms with Crippen molar-refractivity contribution in [1.29, 1.82) is 0 Å². The fourth-order valence-corrected chi connectivity index (χ4v) is 2.46. The maximum absolute atomic E-state index is 11.6. The SMILES string of the molecule is Cc1[nH]c2ccccc2c1CCNC(=O)NCCCC(=O)O. The average molecular weight is 303 g/mol. The minimum absolute atomic E-state index is 0.0643. The second kappa shape index (κ2) is 7.49. The van der Waals surface area contributed by atoms with Crippen LogP contribution in [0, 0.1) is 6.92 Å². The molecule has 6 heteroatoms. The second-order valence-electron chi connectivity index (χ2n) is 5.20. The monoisotopic (exact) mass is 303 g/mol. The highest BCUT2D eigenvalue weighted by Crippen LogP contribution is 2.21. The number of carbonyl (C=O) groups is 2. The number of aromatic amines is 1. The summed E-state index contributed by atoms with van der Waals surface area (Å²) in [6.07, 6.45) is 1.25. The summed E-state index contributed by atoms with van der Waals surface area (Å²) < 4.78 is 0. The lowest BCUT2D eigenvalue weighted by atomic mass is 10.1. The van der Waals surface area contributed by atoms with Crippen LogP contribution in [0.5, 0.6) is 0 Å². The zero-order valence-electron chi connectivity index (χ0n) is 12.6. The zero-order chi connectivity index (χ0) is 15.9. The van der Waals surface area contributed by atoms with Crippen molar-refractivity contribution in [2.45, 2.75) is 26.2 Å². The Hall–Kier alpha value is -2.50. The van der Waals surface area contributed by atoms with Gasteiger partial charge in [-0.2, -0.15) is 0 Å². The minimum Gasteiger partial charge on any atom is -0.481 e. The average Bonchev–Trinajstić information content (AvgIpc) is 2.80. The summed E-state index contributed by atoms with van der Waals surface area (Å²) in [5, 5.41) is 15.1. The van der Waals surface area contributed by atoms with E-state index in [-0.39, 0.29) is 12.5 Å². The number of carboxylic acid groups (broad SMARTS) is 1. The number of para-hydroxylation sites is 1. The van der Waals surface area contributed by atoms with Crippen molar-refractivity contribution in [3.63, 3.8) is 0 Å². The van der Waals surface area contributed by atoms with Crippen LogP contribution in [0.1, 0.15) is 24.1 Å². The van der Waals surface area contributed by atoms with Crippen molar-refractivity contribution in [3.05, 3.63) is 35.5 Å². The molecule has 2 aromatic rings. The number of carbonyl (C=O) groups excluding carboxylic acids is 1. The molecule has 0 radical (unpaired) electrons. The molecular formula is C16H21N3O3. The first-order valence-electron chi connectivity index (χ1n) is 7.37. The van der Waals surface area contributed by atoms with Crippen LogP contribution >= 0.6 is 0 Å². The molecule has 22 heavy (non-hydrogen) atoms. The Morgan fingerprint density at radius 2 is 1.91 bits per heavy atom. The van der Waals surface area contributed by atoms with E-state index in [1.807, 2.05) is 25.1 Å². The standard InChI is InChI=1S/C16H21N3O3/c1-11-12(13-5-2-3-6-14(13)19-11)8-10-18-16(22)17-9-4-7-15(20)21/h2-3,5-6,19H,4,7-10H2,1H3,(H,20,21)(H2,17,18,22). The number of aromatic nitrogens is 1. The lowest BCUT2D eigenvalue weighted by molar-refractivity contribution is -0.137. The highest BCUT2D eigenvalue weighted by Gasteiger charge is 2.08. The lowest BCUT2D eigenvalue weighted by Crippen LogP contribution is -2.37. The molecule has 2 rings (SSSR count). The first-order chi connectivity index (χ1) is 10.6. The number of aliphatic carboxylic acids is 1. The molecule has 1 aromatic heterocycles. The van der Waals surface area contributed by atoms with E-state index < -0.39 is 5.97 Å². The molecule has 0 saturated carbocycles. The Balaban J connectivity index is 1.77. The maximum Gasteiger partial charge on any atom is 0.314 e. The number of hydrogen-bond acceptors (Lipinski definition) is 2. The number of nitrogens with one attached hydrogen (secondary N) is 3. The predicted molar refractivity (Wildman–Crippen MR) is 85.0 cm³/mol. The summed E-state index contributed by atoms with van der Waals surface area (Å²) in [7, 11) is 0. The van der Waals surface area contributed by atoms with Gasteiger partial charge in [0.15, 0.2) is 0 Å². The van der Waals surface area contributed by atoms with Crippen molar-refractivity contribution >= 4 is 22.9 Å². The largest absolute Gasteiger partial charge is 0.481 e. The number of benzene rings is 1. The van der Waals surface area contributed by atoms with Gasteiger partial charge in [-0.1, -0.05) is 18.2 Å². The molecule has 0 bridgehead atoms. The van der Waals surface area contributed by atoms with Crippen LogP contribution < -0.4 is 10.6 Å². The van der Waals surface area contributed by atoms with Crippen LogP contribution in [-0.4, -0.2) is 35.2 Å². The number of aryl methyl sites for hydroxylation is 1. The summed E-state index contributed by atoms with van der Waals surface area (Å²) in [5.41, 5.74) is 3.43. The van der Waals surface area contributed by atoms with Crippen LogP contribution in [0.25, 0.3) is 10.9 Å². The third-order valence-electron chi connectivity index (χ3n) is 3.54. The van der Waals surface area contributed by atoms with Gasteiger partial charge in [0.05, 0.1) is 0 Å². The first kappa shape index (κ1) is 15.9. The van der Waals surface area contributed by atoms with E-state index >= 15 is 0 Å². The predicted octanol–water partition coefficient (Wildman–Crippen LogP) is 2.18. The minimum atomic E-state index is -0.850. The summed E-state index contributed by atoms with van der Waals surface area (Å²) in [6.45, 7) is 2.93. The smallest absolute Gasteiger partial charge is 0.314 e. The Morgan fingerprint density at radius 3 is 2.68 bits per heavy atom. The number of urea groups is 1. The molecule has 0 aliphatic heterocycles. The van der Waals surface area contributed by atoms with Gasteiger partial charge in [-0.05, 0) is 31.4 Å². The Morgan fingerprint density at radius 1 is 1.18 bits per heavy atom. The van der Waals surface area contributed by atoms with E-state index in [9.17, 15) is 9.59 Å². The normalized spacial score (nSPS) is 10.6. The van der Waals surface area contributed by atoms with E-state index in [2.05, 4.69) is 21.7 Å². The molecule has 1 aromatic carbocycles. The highest BCUT2D eigenvalue weighted by atomic mass is 16.4. The van der Waals surface area contributed by atoms with E-state index in [0.29, 0.717) is 19.5 Å². The van der Waals surface area contributed by atoms with Gasteiger partial charge in [0.2, 0.25) is 0 Å². The molecule has 0 unspecified atom stereocenters. The molecule has 0 aliphatic rings. The van der Waals surface area contributed by atoms with Gasteiger partial charge in [0.1, 0.15) is 0 Å². The van der Waals surface area contributed by atoms with Crippen LogP contribution in [0.15, 0.2) is 24.3 Å². The lowest BCUT2D eigenvalue weighted by Gasteiger charge is -2.07. The van der Waals surface area contributed by atoms with Crippen LogP contribution in [-0.2, 0) is 11.2 Å². The molecule has 1 heterocycles. The summed E-state index contributed by atoms with van der Waals surface area (Å²) >= 11 is 0. The topological polar surface area (TPSA) is 94.2 Å². The molecule has 6 nitrogen and oxygen atoms in total. The number of fused-ring (bicyclic) bond motifs is 1. The van der Waals surface area contributed by atoms with Crippen LogP contribution in [0.4, 0.5) is 4.79 Å². The van der Waals surface area contributed by atoms with Crippen molar-refractivity contribution in [2.24, 2.45) is 0 Å². The number of hydrogen-bond donors (Lipinski definition) is 4. The molecule has 0 fully saturated rings. The Kier molecular flexibility index (Phi) is 5.41. The Labute approximate surface area is 128 Å². The number of amides is 2. The highest BCUT2D eigenvalue weighted by molar-refractivity contribution is 5.84. The van der Waals surface area contributed by atoms with Gasteiger partial charge in [-0.3, -0.25) is 4.79 Å². The van der Waals surface area contributed by atoms with E-state index in [1.54, 1.807) is 0 Å². The molecular weight excluding hydrogens is 282 g/mol. The van der Waals surface area contributed by atoms with Crippen molar-refractivity contribution < 1.29 is 14.7 Å². The quantitative estimate of drug-likeness (QED) is 0.591. The number of rotatable bonds is 7. The van der Waals surface area contributed by atoms with Gasteiger partial charge in [-0.15, -0.1) is 0 Å². The van der Waals surface area contributed by atoms with Gasteiger partial charge < -0.3 is 20.7 Å². The van der Waals surface area contributed by atoms with Gasteiger partial charge in [-0.25, -0.2) is 4.79 Å². The zero-order valence-corrected chi connectivity index (χ0v) is 12.6. The fraction of sp³-hybridized carbons (Fsp3) is 0.375. The van der Waals surface area contributed by atoms with Crippen LogP contribution in [0.3, 0.4) is 0 Å². The molecule has 118 valence electrons. The maximum atomic E-state index is 11.6. The number of carboxylic acids is 1. The van der Waals surface area contributed by atoms with Crippen molar-refractivity contribution in [3.8, 4) is 0 Å². The van der Waals surface area contributed by atoms with Crippen LogP contribution in [0.2, 0.25) is 0 Å². The molecule has 2 amide bonds. The fourth-order valence-electron chi connectivity index (χ4n) is 2.46. The number of H-pyrrole nitrogens is 1. The third kappa shape index (κ3) is 4.25. The van der Waals surface area contributed by atoms with Gasteiger partial charge in [0, 0.05) is 36.1 Å².